The maximum absolute atomic E-state index is 8.89. The fourth-order valence-corrected chi connectivity index (χ4v) is 1.92. The minimum atomic E-state index is 0.648. The molecule has 0 spiro atoms. The first-order chi connectivity index (χ1) is 8.38. The van der Waals surface area contributed by atoms with Crippen LogP contribution < -0.4 is 0 Å². The van der Waals surface area contributed by atoms with Crippen molar-refractivity contribution in [3.05, 3.63) is 54.1 Å². The number of hydrogen-bond donors (Lipinski definition) is 1. The van der Waals surface area contributed by atoms with Crippen LogP contribution in [0.3, 0.4) is 0 Å². The van der Waals surface area contributed by atoms with Gasteiger partial charge < -0.3 is 0 Å². The molecule has 0 bridgehead atoms. The van der Waals surface area contributed by atoms with Gasteiger partial charge in [0.1, 0.15) is 0 Å². The first-order valence-corrected chi connectivity index (χ1v) is 5.32. The number of rotatable bonds is 1. The number of nitrogens with one attached hydrogen (secondary N) is 1. The predicted octanol–water partition coefficient (Wildman–Crippen LogP) is 3.10. The van der Waals surface area contributed by atoms with Crippen LogP contribution in [0.25, 0.3) is 22.2 Å². The van der Waals surface area contributed by atoms with Gasteiger partial charge in [-0.2, -0.15) is 10.4 Å². The van der Waals surface area contributed by atoms with Crippen LogP contribution in [-0.4, -0.2) is 10.2 Å². The third-order valence-corrected chi connectivity index (χ3v) is 2.74. The second-order valence-corrected chi connectivity index (χ2v) is 3.81. The fraction of sp³-hybridized carbons (Fsp3) is 0. The molecule has 0 aliphatic heterocycles. The van der Waals surface area contributed by atoms with Crippen molar-refractivity contribution < 1.29 is 0 Å². The minimum Gasteiger partial charge on any atom is -0.277 e. The Balaban J connectivity index is 2.24. The Bertz CT molecular complexity index is 719. The lowest BCUT2D eigenvalue weighted by molar-refractivity contribution is 1.12. The molecule has 1 N–H and O–H groups in total. The van der Waals surface area contributed by atoms with E-state index in [0.29, 0.717) is 5.56 Å². The Morgan fingerprint density at radius 3 is 2.82 bits per heavy atom. The van der Waals surface area contributed by atoms with Crippen molar-refractivity contribution in [1.82, 2.24) is 10.2 Å². The van der Waals surface area contributed by atoms with Crippen molar-refractivity contribution in [3.8, 4) is 17.3 Å². The molecule has 2 aromatic carbocycles. The lowest BCUT2D eigenvalue weighted by Crippen LogP contribution is -1.80. The second kappa shape index (κ2) is 3.76. The largest absolute Gasteiger partial charge is 0.277 e. The number of para-hydroxylation sites is 1. The van der Waals surface area contributed by atoms with Gasteiger partial charge in [0.05, 0.1) is 22.8 Å². The molecule has 0 saturated carbocycles. The SMILES string of the molecule is N#Cc1cccc(-c2n[nH]c3ccccc23)c1. The number of aromatic amines is 1. The molecular formula is C14H9N3. The van der Waals surface area contributed by atoms with Crippen LogP contribution in [0.4, 0.5) is 0 Å². The molecule has 0 atom stereocenters. The number of fused-ring (bicyclic) bond motifs is 1. The molecule has 3 aromatic rings. The average Bonchev–Trinajstić information content (AvgIpc) is 2.82. The Morgan fingerprint density at radius 1 is 1.06 bits per heavy atom. The summed E-state index contributed by atoms with van der Waals surface area (Å²) in [6, 6.07) is 17.6. The van der Waals surface area contributed by atoms with Crippen molar-refractivity contribution in [2.45, 2.75) is 0 Å². The summed E-state index contributed by atoms with van der Waals surface area (Å²) in [5, 5.41) is 17.3. The average molecular weight is 219 g/mol. The van der Waals surface area contributed by atoms with Gasteiger partial charge in [0.2, 0.25) is 0 Å². The van der Waals surface area contributed by atoms with Crippen molar-refractivity contribution in [2.24, 2.45) is 0 Å². The Hall–Kier alpha value is -2.60. The molecule has 80 valence electrons. The molecule has 0 saturated heterocycles. The summed E-state index contributed by atoms with van der Waals surface area (Å²) in [5.74, 6) is 0. The topological polar surface area (TPSA) is 52.5 Å². The highest BCUT2D eigenvalue weighted by molar-refractivity contribution is 5.92. The summed E-state index contributed by atoms with van der Waals surface area (Å²) >= 11 is 0. The first-order valence-electron chi connectivity index (χ1n) is 5.32. The van der Waals surface area contributed by atoms with Gasteiger partial charge in [0, 0.05) is 10.9 Å². The van der Waals surface area contributed by atoms with Gasteiger partial charge in [-0.25, -0.2) is 0 Å². The van der Waals surface area contributed by atoms with Gasteiger partial charge in [0.25, 0.3) is 0 Å². The van der Waals surface area contributed by atoms with Crippen LogP contribution in [0, 0.1) is 11.3 Å². The Kier molecular flexibility index (Phi) is 2.13. The van der Waals surface area contributed by atoms with E-state index in [1.807, 2.05) is 42.5 Å². The van der Waals surface area contributed by atoms with Crippen molar-refractivity contribution in [3.63, 3.8) is 0 Å². The Labute approximate surface area is 98.3 Å². The summed E-state index contributed by atoms with van der Waals surface area (Å²) in [6.07, 6.45) is 0. The monoisotopic (exact) mass is 219 g/mol. The summed E-state index contributed by atoms with van der Waals surface area (Å²) < 4.78 is 0. The van der Waals surface area contributed by atoms with E-state index in [2.05, 4.69) is 16.3 Å². The molecule has 0 unspecified atom stereocenters. The zero-order valence-electron chi connectivity index (χ0n) is 9.01. The molecule has 3 heteroatoms. The minimum absolute atomic E-state index is 0.648. The maximum Gasteiger partial charge on any atom is 0.0999 e. The van der Waals surface area contributed by atoms with Crippen LogP contribution in [0.1, 0.15) is 5.56 Å². The van der Waals surface area contributed by atoms with Crippen LogP contribution in [0.15, 0.2) is 48.5 Å². The standard InChI is InChI=1S/C14H9N3/c15-9-10-4-3-5-11(8-10)14-12-6-1-2-7-13(12)16-17-14/h1-8H,(H,16,17). The molecule has 17 heavy (non-hydrogen) atoms. The predicted molar refractivity (Wildman–Crippen MR) is 66.2 cm³/mol. The van der Waals surface area contributed by atoms with Crippen LogP contribution >= 0.6 is 0 Å². The lowest BCUT2D eigenvalue weighted by atomic mass is 10.1. The number of nitrogens with zero attached hydrogens (tertiary/aromatic N) is 2. The normalized spacial score (nSPS) is 10.3. The zero-order chi connectivity index (χ0) is 11.7. The molecule has 0 radical (unpaired) electrons. The van der Waals surface area contributed by atoms with E-state index in [1.165, 1.54) is 0 Å². The highest BCUT2D eigenvalue weighted by Crippen LogP contribution is 2.26. The van der Waals surface area contributed by atoms with Gasteiger partial charge in [-0.1, -0.05) is 30.3 Å². The number of nitriles is 1. The number of benzene rings is 2. The van der Waals surface area contributed by atoms with Crippen LogP contribution in [0.5, 0.6) is 0 Å². The van der Waals surface area contributed by atoms with Crippen molar-refractivity contribution in [2.75, 3.05) is 0 Å². The zero-order valence-corrected chi connectivity index (χ0v) is 9.01. The van der Waals surface area contributed by atoms with E-state index in [0.717, 1.165) is 22.2 Å². The molecule has 0 fully saturated rings. The quantitative estimate of drug-likeness (QED) is 0.683. The van der Waals surface area contributed by atoms with Crippen LogP contribution in [-0.2, 0) is 0 Å². The van der Waals surface area contributed by atoms with Crippen LogP contribution in [0.2, 0.25) is 0 Å². The number of hydrogen-bond acceptors (Lipinski definition) is 2. The van der Waals surface area contributed by atoms with E-state index in [9.17, 15) is 0 Å². The van der Waals surface area contributed by atoms with Gasteiger partial charge in [-0.05, 0) is 18.2 Å². The van der Waals surface area contributed by atoms with E-state index >= 15 is 0 Å². The van der Waals surface area contributed by atoms with Crippen molar-refractivity contribution in [1.29, 1.82) is 5.26 Å². The molecule has 3 nitrogen and oxygen atoms in total. The summed E-state index contributed by atoms with van der Waals surface area (Å²) in [5.41, 5.74) is 3.50. The summed E-state index contributed by atoms with van der Waals surface area (Å²) in [6.45, 7) is 0. The fourth-order valence-electron chi connectivity index (χ4n) is 1.92. The molecule has 0 aliphatic rings. The van der Waals surface area contributed by atoms with Gasteiger partial charge in [0.15, 0.2) is 0 Å². The second-order valence-electron chi connectivity index (χ2n) is 3.81. The highest BCUT2D eigenvalue weighted by Gasteiger charge is 2.07. The molecular weight excluding hydrogens is 210 g/mol. The number of H-pyrrole nitrogens is 1. The van der Waals surface area contributed by atoms with Gasteiger partial charge in [-0.3, -0.25) is 5.10 Å². The molecule has 0 aliphatic carbocycles. The molecule has 1 aromatic heterocycles. The van der Waals surface area contributed by atoms with E-state index in [1.54, 1.807) is 6.07 Å². The lowest BCUT2D eigenvalue weighted by Gasteiger charge is -1.98. The summed E-state index contributed by atoms with van der Waals surface area (Å²) in [4.78, 5) is 0. The van der Waals surface area contributed by atoms with E-state index in [4.69, 9.17) is 5.26 Å². The molecule has 1 heterocycles. The first kappa shape index (κ1) is 9.61. The maximum atomic E-state index is 8.89. The smallest absolute Gasteiger partial charge is 0.0999 e. The third kappa shape index (κ3) is 1.56. The van der Waals surface area contributed by atoms with Gasteiger partial charge in [-0.15, -0.1) is 0 Å². The molecule has 3 rings (SSSR count). The highest BCUT2D eigenvalue weighted by atomic mass is 15.1. The van der Waals surface area contributed by atoms with E-state index in [-0.39, 0.29) is 0 Å². The third-order valence-electron chi connectivity index (χ3n) is 2.74. The summed E-state index contributed by atoms with van der Waals surface area (Å²) in [7, 11) is 0. The van der Waals surface area contributed by atoms with E-state index < -0.39 is 0 Å². The van der Waals surface area contributed by atoms with Gasteiger partial charge >= 0.3 is 0 Å². The molecule has 0 amide bonds. The number of aromatic nitrogens is 2. The van der Waals surface area contributed by atoms with Crippen molar-refractivity contribution >= 4 is 10.9 Å². The Morgan fingerprint density at radius 2 is 1.94 bits per heavy atom.